The molecule has 200 valence electrons. The van der Waals surface area contributed by atoms with Crippen molar-refractivity contribution in [1.82, 2.24) is 0 Å². The molecule has 0 saturated carbocycles. The van der Waals surface area contributed by atoms with E-state index in [1.165, 1.54) is 32.3 Å². The maximum Gasteiger partial charge on any atom is 0.346 e. The van der Waals surface area contributed by atoms with Gasteiger partial charge < -0.3 is 4.43 Å². The van der Waals surface area contributed by atoms with Gasteiger partial charge in [-0.25, -0.2) is 0 Å². The van der Waals surface area contributed by atoms with Crippen LogP contribution in [0.1, 0.15) is 52.5 Å². The summed E-state index contributed by atoms with van der Waals surface area (Å²) in [6.45, 7) is 13.4. The van der Waals surface area contributed by atoms with Gasteiger partial charge in [0.1, 0.15) is 0 Å². The van der Waals surface area contributed by atoms with Crippen LogP contribution in [0, 0.1) is 5.41 Å². The summed E-state index contributed by atoms with van der Waals surface area (Å²) < 4.78 is 7.70. The highest BCUT2D eigenvalue weighted by Crippen LogP contribution is 2.33. The molecular formula is C37H42OSi. The van der Waals surface area contributed by atoms with Gasteiger partial charge in [-0.05, 0) is 58.3 Å². The summed E-state index contributed by atoms with van der Waals surface area (Å²) in [6, 6.07) is 43.4. The molecule has 0 atom stereocenters. The summed E-state index contributed by atoms with van der Waals surface area (Å²) in [6.07, 6.45) is 3.60. The molecule has 0 amide bonds. The molecule has 39 heavy (non-hydrogen) atoms. The summed E-state index contributed by atoms with van der Waals surface area (Å²) in [7, 11) is -2.90. The van der Waals surface area contributed by atoms with Crippen LogP contribution in [-0.2, 0) is 10.8 Å². The predicted octanol–water partition coefficient (Wildman–Crippen LogP) is 7.96. The van der Waals surface area contributed by atoms with E-state index in [2.05, 4.69) is 156 Å². The van der Waals surface area contributed by atoms with Crippen LogP contribution >= 0.6 is 0 Å². The molecule has 0 spiro atoms. The first-order chi connectivity index (χ1) is 18.8. The third kappa shape index (κ3) is 7.49. The fourth-order valence-corrected chi connectivity index (χ4v) is 9.30. The second kappa shape index (κ2) is 13.0. The Morgan fingerprint density at radius 3 is 1.46 bits per heavy atom. The number of rotatable bonds is 11. The molecule has 4 aromatic rings. The monoisotopic (exact) mass is 530 g/mol. The highest BCUT2D eigenvalue weighted by atomic mass is 28.4. The Balaban J connectivity index is 1.96. The molecule has 4 rings (SSSR count). The first kappa shape index (κ1) is 28.4. The Morgan fingerprint density at radius 1 is 0.667 bits per heavy atom. The summed E-state index contributed by atoms with van der Waals surface area (Å²) in [4.78, 5) is 0. The minimum Gasteiger partial charge on any atom is -0.534 e. The Bertz CT molecular complexity index is 1250. The van der Waals surface area contributed by atoms with Crippen molar-refractivity contribution in [2.75, 3.05) is 0 Å². The third-order valence-corrected chi connectivity index (χ3v) is 10.9. The maximum atomic E-state index is 7.70. The fraction of sp³-hybridized carbons (Fsp3) is 0.243. The Morgan fingerprint density at radius 2 is 1.08 bits per heavy atom. The summed E-state index contributed by atoms with van der Waals surface area (Å²) >= 11 is 0. The van der Waals surface area contributed by atoms with Crippen molar-refractivity contribution in [2.45, 2.75) is 53.4 Å². The van der Waals surface area contributed by atoms with Gasteiger partial charge in [0.15, 0.2) is 0 Å². The average molecular weight is 531 g/mol. The van der Waals surface area contributed by atoms with Crippen molar-refractivity contribution in [3.8, 4) is 0 Å². The lowest BCUT2D eigenvalue weighted by Crippen LogP contribution is -2.69. The molecular weight excluding hydrogens is 488 g/mol. The molecule has 0 aliphatic rings. The van der Waals surface area contributed by atoms with E-state index >= 15 is 0 Å². The van der Waals surface area contributed by atoms with Crippen molar-refractivity contribution in [2.24, 2.45) is 5.41 Å². The van der Waals surface area contributed by atoms with E-state index < -0.39 is 8.32 Å². The van der Waals surface area contributed by atoms with Crippen LogP contribution in [0.2, 0.25) is 0 Å². The van der Waals surface area contributed by atoms with E-state index in [1.807, 2.05) is 0 Å². The molecule has 1 nitrogen and oxygen atoms in total. The normalized spacial score (nSPS) is 12.5. The predicted molar refractivity (Wildman–Crippen MR) is 170 cm³/mol. The van der Waals surface area contributed by atoms with E-state index in [9.17, 15) is 0 Å². The molecule has 4 aromatic carbocycles. The average Bonchev–Trinajstić information content (AvgIpc) is 2.94. The largest absolute Gasteiger partial charge is 0.534 e. The zero-order valence-electron chi connectivity index (χ0n) is 24.0. The maximum absolute atomic E-state index is 7.70. The standard InChI is InChI=1S/C37H42OSi/c1-30(2)28-32(29-37(3,4)5)36(27-26-31-18-10-6-11-19-31)38-39(33-20-12-7-13-21-33,34-22-14-8-15-23-34)35-24-16-9-17-25-35/h6-25H,1,26-29H2,2-5H3/b36-32+. The van der Waals surface area contributed by atoms with Crippen LogP contribution in [0.3, 0.4) is 0 Å². The Labute approximate surface area is 237 Å². The quantitative estimate of drug-likeness (QED) is 0.0827. The van der Waals surface area contributed by atoms with Crippen LogP contribution in [-0.4, -0.2) is 8.32 Å². The highest BCUT2D eigenvalue weighted by molar-refractivity contribution is 7.07. The number of hydrogen-bond acceptors (Lipinski definition) is 1. The van der Waals surface area contributed by atoms with Gasteiger partial charge in [-0.2, -0.15) is 0 Å². The van der Waals surface area contributed by atoms with Gasteiger partial charge in [0.2, 0.25) is 0 Å². The van der Waals surface area contributed by atoms with Gasteiger partial charge in [0.25, 0.3) is 0 Å². The lowest BCUT2D eigenvalue weighted by atomic mass is 9.84. The number of allylic oxidation sites excluding steroid dienone is 3. The van der Waals surface area contributed by atoms with Crippen molar-refractivity contribution in [1.29, 1.82) is 0 Å². The van der Waals surface area contributed by atoms with Crippen molar-refractivity contribution in [3.63, 3.8) is 0 Å². The van der Waals surface area contributed by atoms with Gasteiger partial charge in [-0.15, -0.1) is 0 Å². The Hall–Kier alpha value is -3.62. The number of benzene rings is 4. The lowest BCUT2D eigenvalue weighted by molar-refractivity contribution is 0.365. The molecule has 0 unspecified atom stereocenters. The summed E-state index contributed by atoms with van der Waals surface area (Å²) in [5.74, 6) is 1.13. The van der Waals surface area contributed by atoms with E-state index in [4.69, 9.17) is 4.43 Å². The van der Waals surface area contributed by atoms with Gasteiger partial charge >= 0.3 is 8.32 Å². The van der Waals surface area contributed by atoms with Crippen molar-refractivity contribution < 1.29 is 4.43 Å². The minimum atomic E-state index is -2.90. The van der Waals surface area contributed by atoms with Crippen LogP contribution < -0.4 is 15.6 Å². The molecule has 0 bridgehead atoms. The van der Waals surface area contributed by atoms with Crippen molar-refractivity contribution >= 4 is 23.9 Å². The third-order valence-electron chi connectivity index (χ3n) is 6.95. The fourth-order valence-electron chi connectivity index (χ4n) is 5.35. The van der Waals surface area contributed by atoms with Crippen molar-refractivity contribution in [3.05, 3.63) is 150 Å². The van der Waals surface area contributed by atoms with Crippen LogP contribution in [0.15, 0.2) is 145 Å². The van der Waals surface area contributed by atoms with Gasteiger partial charge in [-0.3, -0.25) is 0 Å². The number of aryl methyl sites for hydroxylation is 1. The van der Waals surface area contributed by atoms with Crippen LogP contribution in [0.5, 0.6) is 0 Å². The zero-order valence-corrected chi connectivity index (χ0v) is 25.0. The number of hydrogen-bond donors (Lipinski definition) is 0. The van der Waals surface area contributed by atoms with Gasteiger partial charge in [0, 0.05) is 6.42 Å². The molecule has 0 aromatic heterocycles. The topological polar surface area (TPSA) is 9.23 Å². The van der Waals surface area contributed by atoms with Crippen LogP contribution in [0.25, 0.3) is 0 Å². The van der Waals surface area contributed by atoms with E-state index in [-0.39, 0.29) is 5.41 Å². The second-order valence-corrected chi connectivity index (χ2v) is 15.1. The molecule has 0 fully saturated rings. The molecule has 0 aliphatic carbocycles. The Kier molecular flexibility index (Phi) is 9.43. The first-order valence-corrected chi connectivity index (χ1v) is 15.9. The van der Waals surface area contributed by atoms with Gasteiger partial charge in [-0.1, -0.05) is 154 Å². The lowest BCUT2D eigenvalue weighted by Gasteiger charge is -2.36. The minimum absolute atomic E-state index is 0.128. The zero-order chi connectivity index (χ0) is 27.7. The molecule has 0 saturated heterocycles. The first-order valence-electron chi connectivity index (χ1n) is 14.0. The molecule has 0 heterocycles. The van der Waals surface area contributed by atoms with Gasteiger partial charge in [0.05, 0.1) is 5.76 Å². The highest BCUT2D eigenvalue weighted by Gasteiger charge is 2.44. The smallest absolute Gasteiger partial charge is 0.346 e. The molecule has 0 aliphatic heterocycles. The summed E-state index contributed by atoms with van der Waals surface area (Å²) in [5, 5.41) is 3.76. The van der Waals surface area contributed by atoms with E-state index in [0.29, 0.717) is 0 Å². The second-order valence-electron chi connectivity index (χ2n) is 11.8. The van der Waals surface area contributed by atoms with Crippen LogP contribution in [0.4, 0.5) is 0 Å². The summed E-state index contributed by atoms with van der Waals surface area (Å²) in [5.41, 5.74) is 3.99. The molecule has 0 radical (unpaired) electrons. The van der Waals surface area contributed by atoms with E-state index in [1.54, 1.807) is 0 Å². The molecule has 2 heteroatoms. The SMILES string of the molecule is C=C(C)C/C(CC(C)(C)C)=C(/CCc1ccccc1)O[Si](c1ccccc1)(c1ccccc1)c1ccccc1. The van der Waals surface area contributed by atoms with E-state index in [0.717, 1.165) is 31.4 Å². The molecule has 0 N–H and O–H groups in total.